The number of aromatic nitrogens is 1. The lowest BCUT2D eigenvalue weighted by Gasteiger charge is -2.04. The van der Waals surface area contributed by atoms with Gasteiger partial charge in [-0.2, -0.15) is 0 Å². The molecule has 0 fully saturated rings. The van der Waals surface area contributed by atoms with Gasteiger partial charge in [-0.05, 0) is 51.4 Å². The van der Waals surface area contributed by atoms with E-state index in [2.05, 4.69) is 43.5 Å². The van der Waals surface area contributed by atoms with Crippen LogP contribution in [0.4, 0.5) is 0 Å². The monoisotopic (exact) mass is 216 g/mol. The molecular formula is C14H20N2. The SMILES string of the molecule is CCn1c(C)c(CCN)c2cc(C)ccc21. The molecule has 1 aromatic heterocycles. The molecule has 1 heterocycles. The van der Waals surface area contributed by atoms with Gasteiger partial charge >= 0.3 is 0 Å². The van der Waals surface area contributed by atoms with Gasteiger partial charge in [0.1, 0.15) is 0 Å². The standard InChI is InChI=1S/C14H20N2/c1-4-16-11(3)12(7-8-15)13-9-10(2)5-6-14(13)16/h5-6,9H,4,7-8,15H2,1-3H3. The first kappa shape index (κ1) is 11.2. The fourth-order valence-electron chi connectivity index (χ4n) is 2.53. The molecular weight excluding hydrogens is 196 g/mol. The Hall–Kier alpha value is -1.28. The van der Waals surface area contributed by atoms with Crippen LogP contribution in [0.2, 0.25) is 0 Å². The van der Waals surface area contributed by atoms with E-state index in [1.54, 1.807) is 0 Å². The zero-order chi connectivity index (χ0) is 11.7. The lowest BCUT2D eigenvalue weighted by atomic mass is 10.1. The average molecular weight is 216 g/mol. The number of benzene rings is 1. The zero-order valence-corrected chi connectivity index (χ0v) is 10.4. The van der Waals surface area contributed by atoms with Gasteiger partial charge in [-0.3, -0.25) is 0 Å². The van der Waals surface area contributed by atoms with Crippen molar-refractivity contribution in [2.75, 3.05) is 6.54 Å². The highest BCUT2D eigenvalue weighted by atomic mass is 15.0. The summed E-state index contributed by atoms with van der Waals surface area (Å²) < 4.78 is 2.37. The van der Waals surface area contributed by atoms with Crippen LogP contribution >= 0.6 is 0 Å². The number of hydrogen-bond acceptors (Lipinski definition) is 1. The highest BCUT2D eigenvalue weighted by molar-refractivity contribution is 5.86. The minimum absolute atomic E-state index is 0.720. The summed E-state index contributed by atoms with van der Waals surface area (Å²) in [5.41, 5.74) is 11.1. The van der Waals surface area contributed by atoms with Gasteiger partial charge in [0.15, 0.2) is 0 Å². The first-order valence-corrected chi connectivity index (χ1v) is 5.97. The van der Waals surface area contributed by atoms with E-state index < -0.39 is 0 Å². The molecule has 2 rings (SSSR count). The summed E-state index contributed by atoms with van der Waals surface area (Å²) in [7, 11) is 0. The maximum absolute atomic E-state index is 5.70. The summed E-state index contributed by atoms with van der Waals surface area (Å²) in [6, 6.07) is 6.68. The van der Waals surface area contributed by atoms with Crippen LogP contribution < -0.4 is 5.73 Å². The normalized spacial score (nSPS) is 11.2. The highest BCUT2D eigenvalue weighted by Gasteiger charge is 2.11. The second kappa shape index (κ2) is 4.30. The van der Waals surface area contributed by atoms with Crippen LogP contribution in [-0.4, -0.2) is 11.1 Å². The summed E-state index contributed by atoms with van der Waals surface area (Å²) in [5, 5.41) is 1.38. The Labute approximate surface area is 97.1 Å². The van der Waals surface area contributed by atoms with E-state index in [9.17, 15) is 0 Å². The Morgan fingerprint density at radius 3 is 2.62 bits per heavy atom. The van der Waals surface area contributed by atoms with Gasteiger partial charge in [-0.25, -0.2) is 0 Å². The fourth-order valence-corrected chi connectivity index (χ4v) is 2.53. The summed E-state index contributed by atoms with van der Waals surface area (Å²) in [6.45, 7) is 8.28. The smallest absolute Gasteiger partial charge is 0.0485 e. The van der Waals surface area contributed by atoms with E-state index >= 15 is 0 Å². The summed E-state index contributed by atoms with van der Waals surface area (Å²) in [4.78, 5) is 0. The molecule has 16 heavy (non-hydrogen) atoms. The number of rotatable bonds is 3. The van der Waals surface area contributed by atoms with Gasteiger partial charge in [0.25, 0.3) is 0 Å². The molecule has 0 amide bonds. The molecule has 2 heteroatoms. The maximum Gasteiger partial charge on any atom is 0.0485 e. The van der Waals surface area contributed by atoms with Crippen LogP contribution in [-0.2, 0) is 13.0 Å². The van der Waals surface area contributed by atoms with Crippen LogP contribution in [0.3, 0.4) is 0 Å². The van der Waals surface area contributed by atoms with Crippen molar-refractivity contribution in [2.45, 2.75) is 33.7 Å². The predicted octanol–water partition coefficient (Wildman–Crippen LogP) is 2.78. The Bertz CT molecular complexity index is 509. The third-order valence-corrected chi connectivity index (χ3v) is 3.32. The number of hydrogen-bond donors (Lipinski definition) is 1. The number of nitrogens with two attached hydrogens (primary N) is 1. The molecule has 0 aliphatic heterocycles. The summed E-state index contributed by atoms with van der Waals surface area (Å²) in [5.74, 6) is 0. The van der Waals surface area contributed by atoms with Crippen molar-refractivity contribution >= 4 is 10.9 Å². The molecule has 0 bridgehead atoms. The van der Waals surface area contributed by atoms with Crippen molar-refractivity contribution in [3.63, 3.8) is 0 Å². The van der Waals surface area contributed by atoms with Crippen molar-refractivity contribution in [1.29, 1.82) is 0 Å². The number of fused-ring (bicyclic) bond motifs is 1. The Balaban J connectivity index is 2.75. The first-order chi connectivity index (χ1) is 7.69. The Kier molecular flexibility index (Phi) is 3.01. The Morgan fingerprint density at radius 1 is 1.25 bits per heavy atom. The average Bonchev–Trinajstić information content (AvgIpc) is 2.52. The third-order valence-electron chi connectivity index (χ3n) is 3.32. The second-order valence-corrected chi connectivity index (χ2v) is 4.37. The third kappa shape index (κ3) is 1.63. The second-order valence-electron chi connectivity index (χ2n) is 4.37. The fraction of sp³-hybridized carbons (Fsp3) is 0.429. The molecule has 0 radical (unpaired) electrons. The quantitative estimate of drug-likeness (QED) is 0.840. The van der Waals surface area contributed by atoms with E-state index in [0.29, 0.717) is 0 Å². The van der Waals surface area contributed by atoms with Gasteiger partial charge in [0.2, 0.25) is 0 Å². The molecule has 2 nitrogen and oxygen atoms in total. The molecule has 86 valence electrons. The van der Waals surface area contributed by atoms with Crippen LogP contribution in [0.1, 0.15) is 23.7 Å². The minimum Gasteiger partial charge on any atom is -0.345 e. The summed E-state index contributed by atoms with van der Waals surface area (Å²) in [6.07, 6.45) is 0.971. The maximum atomic E-state index is 5.70. The van der Waals surface area contributed by atoms with E-state index in [-0.39, 0.29) is 0 Å². The Morgan fingerprint density at radius 2 is 2.00 bits per heavy atom. The summed E-state index contributed by atoms with van der Waals surface area (Å²) >= 11 is 0. The zero-order valence-electron chi connectivity index (χ0n) is 10.4. The van der Waals surface area contributed by atoms with Crippen molar-refractivity contribution in [3.8, 4) is 0 Å². The molecule has 0 aliphatic rings. The number of aryl methyl sites for hydroxylation is 2. The van der Waals surface area contributed by atoms with Crippen molar-refractivity contribution in [3.05, 3.63) is 35.0 Å². The molecule has 0 atom stereocenters. The van der Waals surface area contributed by atoms with Crippen LogP contribution in [0.15, 0.2) is 18.2 Å². The minimum atomic E-state index is 0.720. The molecule has 2 N–H and O–H groups in total. The van der Waals surface area contributed by atoms with Crippen molar-refractivity contribution in [1.82, 2.24) is 4.57 Å². The lowest BCUT2D eigenvalue weighted by molar-refractivity contribution is 0.760. The van der Waals surface area contributed by atoms with Gasteiger partial charge in [-0.15, -0.1) is 0 Å². The molecule has 0 aliphatic carbocycles. The van der Waals surface area contributed by atoms with Crippen LogP contribution in [0.25, 0.3) is 10.9 Å². The molecule has 0 saturated heterocycles. The largest absolute Gasteiger partial charge is 0.345 e. The van der Waals surface area contributed by atoms with Crippen LogP contribution in [0.5, 0.6) is 0 Å². The molecule has 0 saturated carbocycles. The molecule has 0 spiro atoms. The first-order valence-electron chi connectivity index (χ1n) is 5.97. The molecule has 2 aromatic rings. The van der Waals surface area contributed by atoms with E-state index in [0.717, 1.165) is 19.5 Å². The van der Waals surface area contributed by atoms with E-state index in [4.69, 9.17) is 5.73 Å². The lowest BCUT2D eigenvalue weighted by Crippen LogP contribution is -2.04. The van der Waals surface area contributed by atoms with Crippen molar-refractivity contribution < 1.29 is 0 Å². The molecule has 0 unspecified atom stereocenters. The van der Waals surface area contributed by atoms with Gasteiger partial charge in [-0.1, -0.05) is 11.6 Å². The molecule has 1 aromatic carbocycles. The van der Waals surface area contributed by atoms with E-state index in [1.165, 1.54) is 27.7 Å². The number of nitrogens with zero attached hydrogens (tertiary/aromatic N) is 1. The van der Waals surface area contributed by atoms with E-state index in [1.807, 2.05) is 0 Å². The predicted molar refractivity (Wildman–Crippen MR) is 69.8 cm³/mol. The van der Waals surface area contributed by atoms with Crippen molar-refractivity contribution in [2.24, 2.45) is 5.73 Å². The van der Waals surface area contributed by atoms with Crippen LogP contribution in [0, 0.1) is 13.8 Å². The van der Waals surface area contributed by atoms with Gasteiger partial charge in [0, 0.05) is 23.1 Å². The highest BCUT2D eigenvalue weighted by Crippen LogP contribution is 2.27. The topological polar surface area (TPSA) is 30.9 Å². The van der Waals surface area contributed by atoms with Gasteiger partial charge in [0.05, 0.1) is 0 Å². The van der Waals surface area contributed by atoms with Gasteiger partial charge < -0.3 is 10.3 Å².